The van der Waals surface area contributed by atoms with E-state index in [2.05, 4.69) is 15.0 Å². The average molecular weight is 433 g/mol. The maximum absolute atomic E-state index is 14.6. The minimum atomic E-state index is -0.280. The molecule has 2 N–H and O–H groups in total. The molecule has 8 heteroatoms. The van der Waals surface area contributed by atoms with E-state index >= 15 is 0 Å². The van der Waals surface area contributed by atoms with Gasteiger partial charge in [0.1, 0.15) is 17.1 Å². The highest BCUT2D eigenvalue weighted by atomic mass is 19.1. The van der Waals surface area contributed by atoms with Crippen molar-refractivity contribution >= 4 is 11.3 Å². The second kappa shape index (κ2) is 6.87. The van der Waals surface area contributed by atoms with Gasteiger partial charge in [-0.25, -0.2) is 18.9 Å². The zero-order valence-corrected chi connectivity index (χ0v) is 18.2. The molecule has 1 aliphatic carbocycles. The van der Waals surface area contributed by atoms with E-state index in [4.69, 9.17) is 15.1 Å². The summed E-state index contributed by atoms with van der Waals surface area (Å²) in [5.74, 6) is 2.15. The predicted molar refractivity (Wildman–Crippen MR) is 119 cm³/mol. The number of halogens is 1. The second-order valence-corrected chi connectivity index (χ2v) is 9.03. The molecule has 1 atom stereocenters. The Balaban J connectivity index is 1.33. The van der Waals surface area contributed by atoms with Gasteiger partial charge in [-0.3, -0.25) is 0 Å². The van der Waals surface area contributed by atoms with Gasteiger partial charge in [-0.15, -0.1) is 0 Å². The quantitative estimate of drug-likeness (QED) is 0.516. The van der Waals surface area contributed by atoms with E-state index in [0.717, 1.165) is 60.8 Å². The third-order valence-electron chi connectivity index (χ3n) is 7.18. The molecule has 4 heterocycles. The number of nitrogens with zero attached hydrogens (tertiary/aromatic N) is 5. The Morgan fingerprint density at radius 1 is 1.12 bits per heavy atom. The number of rotatable bonds is 2. The maximum Gasteiger partial charge on any atom is 0.191 e. The summed E-state index contributed by atoms with van der Waals surface area (Å²) >= 11 is 0. The monoisotopic (exact) mass is 432 g/mol. The molecule has 0 amide bonds. The molecule has 1 aliphatic heterocycles. The molecule has 1 aromatic carbocycles. The van der Waals surface area contributed by atoms with Crippen molar-refractivity contribution in [1.82, 2.24) is 19.6 Å². The van der Waals surface area contributed by atoms with Gasteiger partial charge in [0.2, 0.25) is 0 Å². The summed E-state index contributed by atoms with van der Waals surface area (Å²) in [6, 6.07) is 8.58. The number of oxazole rings is 1. The molecule has 32 heavy (non-hydrogen) atoms. The zero-order valence-electron chi connectivity index (χ0n) is 18.2. The van der Waals surface area contributed by atoms with Gasteiger partial charge in [0.15, 0.2) is 11.7 Å². The molecule has 1 spiro atoms. The van der Waals surface area contributed by atoms with Crippen LogP contribution < -0.4 is 10.6 Å². The fraction of sp³-hybridized carbons (Fsp3) is 0.375. The number of hydrogen-bond donors (Lipinski definition) is 1. The van der Waals surface area contributed by atoms with Crippen molar-refractivity contribution < 1.29 is 8.81 Å². The van der Waals surface area contributed by atoms with Crippen molar-refractivity contribution in [2.75, 3.05) is 18.0 Å². The van der Waals surface area contributed by atoms with Crippen molar-refractivity contribution in [3.63, 3.8) is 0 Å². The van der Waals surface area contributed by atoms with Crippen molar-refractivity contribution in [2.45, 2.75) is 39.2 Å². The van der Waals surface area contributed by atoms with Gasteiger partial charge in [-0.1, -0.05) is 12.1 Å². The first-order valence-electron chi connectivity index (χ1n) is 11.0. The highest BCUT2D eigenvalue weighted by Crippen LogP contribution is 2.51. The summed E-state index contributed by atoms with van der Waals surface area (Å²) in [5.41, 5.74) is 10.5. The van der Waals surface area contributed by atoms with Crippen LogP contribution >= 0.6 is 0 Å². The lowest BCUT2D eigenvalue weighted by Crippen LogP contribution is -2.45. The molecular weight excluding hydrogens is 407 g/mol. The first-order chi connectivity index (χ1) is 15.5. The lowest BCUT2D eigenvalue weighted by Gasteiger charge is -2.42. The largest absolute Gasteiger partial charge is 0.444 e. The molecule has 4 aromatic rings. The van der Waals surface area contributed by atoms with E-state index in [1.165, 1.54) is 6.07 Å². The summed E-state index contributed by atoms with van der Waals surface area (Å²) in [7, 11) is 0. The van der Waals surface area contributed by atoms with Crippen LogP contribution in [-0.2, 0) is 6.42 Å². The second-order valence-electron chi connectivity index (χ2n) is 9.03. The third kappa shape index (κ3) is 2.72. The van der Waals surface area contributed by atoms with E-state index < -0.39 is 0 Å². The first-order valence-corrected chi connectivity index (χ1v) is 11.0. The number of benzene rings is 1. The Morgan fingerprint density at radius 2 is 1.91 bits per heavy atom. The molecular formula is C24H25FN6O. The Bertz CT molecular complexity index is 1330. The van der Waals surface area contributed by atoms with Crippen molar-refractivity contribution in [3.05, 3.63) is 65.4 Å². The Morgan fingerprint density at radius 3 is 2.66 bits per heavy atom. The summed E-state index contributed by atoms with van der Waals surface area (Å²) in [6.07, 6.45) is 4.49. The molecule has 6 rings (SSSR count). The van der Waals surface area contributed by atoms with E-state index in [0.29, 0.717) is 17.1 Å². The number of nitrogens with two attached hydrogens (primary N) is 1. The summed E-state index contributed by atoms with van der Waals surface area (Å²) in [6.45, 7) is 5.46. The number of hydrogen-bond acceptors (Lipinski definition) is 6. The number of anilines is 1. The van der Waals surface area contributed by atoms with Crippen molar-refractivity contribution in [2.24, 2.45) is 11.1 Å². The van der Waals surface area contributed by atoms with Gasteiger partial charge < -0.3 is 15.1 Å². The SMILES string of the molecule is Cc1nc2c(o1)C(N)C1(CCN(c3nc(C)c(-c4ccccc4F)n4nccc34)CC1)C2. The predicted octanol–water partition coefficient (Wildman–Crippen LogP) is 3.98. The normalized spacial score (nSPS) is 19.8. The molecule has 1 unspecified atom stereocenters. The van der Waals surface area contributed by atoms with Gasteiger partial charge >= 0.3 is 0 Å². The van der Waals surface area contributed by atoms with Crippen molar-refractivity contribution in [1.29, 1.82) is 0 Å². The minimum absolute atomic E-state index is 0.00987. The summed E-state index contributed by atoms with van der Waals surface area (Å²) < 4.78 is 22.2. The van der Waals surface area contributed by atoms with Crippen LogP contribution in [0.4, 0.5) is 10.2 Å². The average Bonchev–Trinajstić information content (AvgIpc) is 3.46. The lowest BCUT2D eigenvalue weighted by molar-refractivity contribution is 0.172. The van der Waals surface area contributed by atoms with Gasteiger partial charge in [-0.05, 0) is 38.0 Å². The van der Waals surface area contributed by atoms with E-state index in [-0.39, 0.29) is 17.3 Å². The fourth-order valence-electron chi connectivity index (χ4n) is 5.50. The lowest BCUT2D eigenvalue weighted by atomic mass is 9.73. The molecule has 1 saturated heterocycles. The van der Waals surface area contributed by atoms with Crippen LogP contribution in [0.1, 0.15) is 41.9 Å². The molecule has 164 valence electrons. The first kappa shape index (κ1) is 19.4. The van der Waals surface area contributed by atoms with Crippen LogP contribution in [0.3, 0.4) is 0 Å². The molecule has 1 fully saturated rings. The van der Waals surface area contributed by atoms with Crippen molar-refractivity contribution in [3.8, 4) is 11.3 Å². The summed E-state index contributed by atoms with van der Waals surface area (Å²) in [4.78, 5) is 11.8. The van der Waals surface area contributed by atoms with E-state index in [1.807, 2.05) is 30.5 Å². The molecule has 2 aliphatic rings. The van der Waals surface area contributed by atoms with Crippen LogP contribution in [0, 0.1) is 25.1 Å². The van der Waals surface area contributed by atoms with Crippen LogP contribution in [0.5, 0.6) is 0 Å². The molecule has 7 nitrogen and oxygen atoms in total. The number of fused-ring (bicyclic) bond motifs is 2. The molecule has 0 radical (unpaired) electrons. The fourth-order valence-corrected chi connectivity index (χ4v) is 5.50. The van der Waals surface area contributed by atoms with Crippen LogP contribution in [-0.4, -0.2) is 32.7 Å². The topological polar surface area (TPSA) is 85.5 Å². The van der Waals surface area contributed by atoms with E-state index in [9.17, 15) is 4.39 Å². The Hall–Kier alpha value is -3.26. The maximum atomic E-state index is 14.6. The van der Waals surface area contributed by atoms with Gasteiger partial charge in [0.05, 0.1) is 29.3 Å². The third-order valence-corrected chi connectivity index (χ3v) is 7.18. The Kier molecular flexibility index (Phi) is 4.17. The molecule has 0 bridgehead atoms. The molecule has 0 saturated carbocycles. The van der Waals surface area contributed by atoms with Crippen LogP contribution in [0.2, 0.25) is 0 Å². The minimum Gasteiger partial charge on any atom is -0.444 e. The smallest absolute Gasteiger partial charge is 0.191 e. The zero-order chi connectivity index (χ0) is 22.0. The van der Waals surface area contributed by atoms with Crippen LogP contribution in [0.15, 0.2) is 40.9 Å². The highest BCUT2D eigenvalue weighted by molar-refractivity contribution is 5.75. The standard InChI is InChI=1S/C24H25FN6O/c1-14-20(16-5-3-4-6-17(16)25)31-19(7-10-27-31)23(28-14)30-11-8-24(9-12-30)13-18-21(22(24)26)32-15(2)29-18/h3-7,10,22H,8-9,11-13,26H2,1-2H3. The van der Waals surface area contributed by atoms with Gasteiger partial charge in [0, 0.05) is 37.4 Å². The molecule has 3 aromatic heterocycles. The number of aromatic nitrogens is 4. The highest BCUT2D eigenvalue weighted by Gasteiger charge is 2.49. The van der Waals surface area contributed by atoms with E-state index in [1.54, 1.807) is 18.3 Å². The number of aryl methyl sites for hydroxylation is 2. The Labute approximate surface area is 185 Å². The number of piperidine rings is 1. The van der Waals surface area contributed by atoms with Gasteiger partial charge in [0.25, 0.3) is 0 Å². The van der Waals surface area contributed by atoms with Gasteiger partial charge in [-0.2, -0.15) is 5.10 Å². The van der Waals surface area contributed by atoms with Crippen LogP contribution in [0.25, 0.3) is 16.8 Å². The summed E-state index contributed by atoms with van der Waals surface area (Å²) in [5, 5.41) is 4.51.